The molecule has 4 aliphatic rings. The van der Waals surface area contributed by atoms with Crippen molar-refractivity contribution in [1.29, 1.82) is 0 Å². The Morgan fingerprint density at radius 2 is 1.80 bits per heavy atom. The summed E-state index contributed by atoms with van der Waals surface area (Å²) in [6.45, 7) is 2.26. The molecule has 4 aliphatic carbocycles. The van der Waals surface area contributed by atoms with Crippen molar-refractivity contribution in [2.24, 2.45) is 35.0 Å². The Bertz CT molecular complexity index is 418. The Morgan fingerprint density at radius 3 is 2.65 bits per heavy atom. The lowest BCUT2D eigenvalue weighted by Crippen LogP contribution is -2.49. The largest absolute Gasteiger partial charge is 0.393 e. The van der Waals surface area contributed by atoms with Gasteiger partial charge in [0, 0.05) is 11.8 Å². The molecule has 0 aromatic carbocycles. The number of aliphatic hydroxyl groups excluding tert-OH is 1. The van der Waals surface area contributed by atoms with E-state index in [2.05, 4.69) is 6.92 Å². The standard InChI is InChI=1S/C18H28O2/c1-18-9-8-14-13-5-3-12(19)10-11(13)2-4-15(14)16(18)6-7-17(18)20/h11-16,19H,2-10H2,1H3/t11-,12-,13+,14-,15-,16+,18+/m1/s1. The van der Waals surface area contributed by atoms with Crippen LogP contribution in [-0.2, 0) is 4.79 Å². The summed E-state index contributed by atoms with van der Waals surface area (Å²) in [6.07, 6.45) is 10.3. The van der Waals surface area contributed by atoms with Gasteiger partial charge in [0.1, 0.15) is 5.78 Å². The van der Waals surface area contributed by atoms with E-state index in [0.717, 1.165) is 55.8 Å². The van der Waals surface area contributed by atoms with Gasteiger partial charge in [-0.3, -0.25) is 4.79 Å². The SMILES string of the molecule is C[C@]12CC[C@H]3[C@@H](CC[C@@H]4C[C@H](O)CC[C@@H]43)[C@@H]1CCC2=O. The van der Waals surface area contributed by atoms with E-state index < -0.39 is 0 Å². The summed E-state index contributed by atoms with van der Waals surface area (Å²) in [6, 6.07) is 0. The van der Waals surface area contributed by atoms with Crippen molar-refractivity contribution in [3.63, 3.8) is 0 Å². The lowest BCUT2D eigenvalue weighted by Gasteiger charge is -2.54. The van der Waals surface area contributed by atoms with Crippen LogP contribution in [0.4, 0.5) is 0 Å². The van der Waals surface area contributed by atoms with Crippen molar-refractivity contribution in [2.75, 3.05) is 0 Å². The molecule has 2 heteroatoms. The van der Waals surface area contributed by atoms with Gasteiger partial charge < -0.3 is 5.11 Å². The molecule has 112 valence electrons. The molecule has 0 aromatic heterocycles. The van der Waals surface area contributed by atoms with E-state index >= 15 is 0 Å². The molecule has 0 radical (unpaired) electrons. The van der Waals surface area contributed by atoms with Crippen molar-refractivity contribution >= 4 is 5.78 Å². The molecule has 7 atom stereocenters. The number of hydrogen-bond donors (Lipinski definition) is 1. The zero-order chi connectivity index (χ0) is 13.9. The molecule has 2 nitrogen and oxygen atoms in total. The number of Topliss-reactive ketones (excluding diaryl/α,β-unsaturated/α-hetero) is 1. The maximum absolute atomic E-state index is 12.3. The smallest absolute Gasteiger partial charge is 0.139 e. The van der Waals surface area contributed by atoms with Crippen LogP contribution in [0, 0.1) is 35.0 Å². The first kappa shape index (κ1) is 13.3. The molecule has 4 saturated carbocycles. The topological polar surface area (TPSA) is 37.3 Å². The third kappa shape index (κ3) is 1.76. The number of rotatable bonds is 0. The van der Waals surface area contributed by atoms with Crippen LogP contribution in [0.25, 0.3) is 0 Å². The third-order valence-corrected chi connectivity index (χ3v) is 7.64. The number of aliphatic hydroxyl groups is 1. The van der Waals surface area contributed by atoms with Crippen LogP contribution in [0.1, 0.15) is 64.7 Å². The minimum absolute atomic E-state index is 0.0299. The fourth-order valence-electron chi connectivity index (χ4n) is 6.60. The molecule has 0 spiro atoms. The summed E-state index contributed by atoms with van der Waals surface area (Å²) in [7, 11) is 0. The van der Waals surface area contributed by atoms with Crippen LogP contribution < -0.4 is 0 Å². The van der Waals surface area contributed by atoms with Crippen molar-refractivity contribution in [3.8, 4) is 0 Å². The van der Waals surface area contributed by atoms with Crippen LogP contribution in [0.15, 0.2) is 0 Å². The number of ketones is 1. The van der Waals surface area contributed by atoms with Crippen LogP contribution in [-0.4, -0.2) is 17.0 Å². The van der Waals surface area contributed by atoms with Gasteiger partial charge in [-0.1, -0.05) is 6.92 Å². The molecule has 0 unspecified atom stereocenters. The van der Waals surface area contributed by atoms with Crippen LogP contribution >= 0.6 is 0 Å². The van der Waals surface area contributed by atoms with E-state index in [0.29, 0.717) is 11.7 Å². The van der Waals surface area contributed by atoms with Gasteiger partial charge in [0.15, 0.2) is 0 Å². The lowest BCUT2D eigenvalue weighted by molar-refractivity contribution is -0.133. The lowest BCUT2D eigenvalue weighted by atomic mass is 9.50. The number of hydrogen-bond acceptors (Lipinski definition) is 2. The molecule has 0 heterocycles. The normalized spacial score (nSPS) is 55.0. The van der Waals surface area contributed by atoms with Crippen LogP contribution in [0.2, 0.25) is 0 Å². The van der Waals surface area contributed by atoms with Crippen molar-refractivity contribution in [2.45, 2.75) is 70.8 Å². The summed E-state index contributed by atoms with van der Waals surface area (Å²) in [5, 5.41) is 9.93. The van der Waals surface area contributed by atoms with Gasteiger partial charge in [-0.05, 0) is 81.0 Å². The first-order chi connectivity index (χ1) is 9.59. The van der Waals surface area contributed by atoms with Gasteiger partial charge in [0.2, 0.25) is 0 Å². The number of carbonyl (C=O) groups excluding carboxylic acids is 1. The molecule has 4 rings (SSSR count). The molecule has 4 fully saturated rings. The van der Waals surface area contributed by atoms with Gasteiger partial charge in [-0.25, -0.2) is 0 Å². The van der Waals surface area contributed by atoms with E-state index in [1.54, 1.807) is 0 Å². The van der Waals surface area contributed by atoms with Gasteiger partial charge in [-0.2, -0.15) is 0 Å². The summed E-state index contributed by atoms with van der Waals surface area (Å²) in [5.41, 5.74) is 0.0299. The minimum atomic E-state index is -0.0327. The van der Waals surface area contributed by atoms with Gasteiger partial charge in [0.05, 0.1) is 6.10 Å². The van der Waals surface area contributed by atoms with Crippen molar-refractivity contribution in [3.05, 3.63) is 0 Å². The molecule has 0 amide bonds. The number of fused-ring (bicyclic) bond motifs is 5. The summed E-state index contributed by atoms with van der Waals surface area (Å²) in [5.74, 6) is 4.56. The maximum atomic E-state index is 12.3. The molecule has 0 bridgehead atoms. The molecule has 0 aromatic rings. The summed E-state index contributed by atoms with van der Waals surface area (Å²) >= 11 is 0. The van der Waals surface area contributed by atoms with E-state index in [-0.39, 0.29) is 11.5 Å². The monoisotopic (exact) mass is 276 g/mol. The average molecular weight is 276 g/mol. The van der Waals surface area contributed by atoms with Crippen molar-refractivity contribution in [1.82, 2.24) is 0 Å². The summed E-state index contributed by atoms with van der Waals surface area (Å²) in [4.78, 5) is 12.3. The minimum Gasteiger partial charge on any atom is -0.393 e. The van der Waals surface area contributed by atoms with Crippen LogP contribution in [0.5, 0.6) is 0 Å². The molecule has 0 saturated heterocycles. The maximum Gasteiger partial charge on any atom is 0.139 e. The van der Waals surface area contributed by atoms with E-state index in [1.807, 2.05) is 0 Å². The molecular weight excluding hydrogens is 248 g/mol. The Hall–Kier alpha value is -0.370. The molecular formula is C18H28O2. The summed E-state index contributed by atoms with van der Waals surface area (Å²) < 4.78 is 0. The second kappa shape index (κ2) is 4.56. The van der Waals surface area contributed by atoms with Gasteiger partial charge in [0.25, 0.3) is 0 Å². The highest BCUT2D eigenvalue weighted by atomic mass is 16.3. The van der Waals surface area contributed by atoms with E-state index in [1.165, 1.54) is 25.7 Å². The zero-order valence-electron chi connectivity index (χ0n) is 12.7. The number of carbonyl (C=O) groups is 1. The fraction of sp³-hybridized carbons (Fsp3) is 0.944. The Labute approximate surface area is 122 Å². The van der Waals surface area contributed by atoms with Crippen molar-refractivity contribution < 1.29 is 9.90 Å². The Balaban J connectivity index is 1.58. The highest BCUT2D eigenvalue weighted by Gasteiger charge is 2.56. The highest BCUT2D eigenvalue weighted by Crippen LogP contribution is 2.61. The second-order valence-corrected chi connectivity index (χ2v) is 8.32. The van der Waals surface area contributed by atoms with E-state index in [4.69, 9.17) is 0 Å². The predicted octanol–water partition coefficient (Wildman–Crippen LogP) is 3.57. The quantitative estimate of drug-likeness (QED) is 0.734. The third-order valence-electron chi connectivity index (χ3n) is 7.64. The Kier molecular flexibility index (Phi) is 3.03. The Morgan fingerprint density at radius 1 is 1.00 bits per heavy atom. The molecule has 20 heavy (non-hydrogen) atoms. The first-order valence-corrected chi connectivity index (χ1v) is 8.81. The fourth-order valence-corrected chi connectivity index (χ4v) is 6.60. The zero-order valence-corrected chi connectivity index (χ0v) is 12.7. The highest BCUT2D eigenvalue weighted by molar-refractivity contribution is 5.87. The molecule has 1 N–H and O–H groups in total. The van der Waals surface area contributed by atoms with Gasteiger partial charge >= 0.3 is 0 Å². The second-order valence-electron chi connectivity index (χ2n) is 8.32. The van der Waals surface area contributed by atoms with Gasteiger partial charge in [-0.15, -0.1) is 0 Å². The average Bonchev–Trinajstić information content (AvgIpc) is 2.74. The first-order valence-electron chi connectivity index (χ1n) is 8.81. The van der Waals surface area contributed by atoms with Crippen LogP contribution in [0.3, 0.4) is 0 Å². The predicted molar refractivity (Wildman–Crippen MR) is 78.1 cm³/mol. The van der Waals surface area contributed by atoms with E-state index in [9.17, 15) is 9.90 Å². The molecule has 0 aliphatic heterocycles.